The molecule has 1 atom stereocenters. The van der Waals surface area contributed by atoms with Gasteiger partial charge in [0.25, 0.3) is 0 Å². The maximum atomic E-state index is 12.8. The number of fused-ring (bicyclic) bond motifs is 1. The van der Waals surface area contributed by atoms with Crippen molar-refractivity contribution >= 4 is 23.2 Å². The number of ether oxygens (including phenoxy) is 1. The maximum Gasteiger partial charge on any atom is 0.166 e. The molecule has 0 saturated carbocycles. The van der Waals surface area contributed by atoms with E-state index in [1.807, 2.05) is 30.4 Å². The molecule has 1 unspecified atom stereocenters. The summed E-state index contributed by atoms with van der Waals surface area (Å²) < 4.78 is 5.95. The number of anilines is 2. The molecule has 0 saturated heterocycles. The predicted molar refractivity (Wildman–Crippen MR) is 131 cm³/mol. The number of hydrogen-bond donors (Lipinski definition) is 0. The Morgan fingerprint density at radius 1 is 0.935 bits per heavy atom. The molecule has 1 heterocycles. The number of para-hydroxylation sites is 1. The summed E-state index contributed by atoms with van der Waals surface area (Å²) in [6.45, 7) is 12.8. The highest BCUT2D eigenvalue weighted by Gasteiger charge is 2.31. The van der Waals surface area contributed by atoms with Crippen molar-refractivity contribution in [2.24, 2.45) is 0 Å². The van der Waals surface area contributed by atoms with Crippen molar-refractivity contribution < 1.29 is 9.53 Å². The van der Waals surface area contributed by atoms with Crippen molar-refractivity contribution in [2.45, 2.75) is 33.6 Å². The smallest absolute Gasteiger partial charge is 0.166 e. The molecule has 4 nitrogen and oxygen atoms in total. The van der Waals surface area contributed by atoms with Gasteiger partial charge >= 0.3 is 0 Å². The number of hydrogen-bond acceptors (Lipinski definition) is 4. The lowest BCUT2D eigenvalue weighted by Crippen LogP contribution is -2.22. The van der Waals surface area contributed by atoms with Gasteiger partial charge in [-0.25, -0.2) is 0 Å². The highest BCUT2D eigenvalue weighted by molar-refractivity contribution is 5.97. The molecule has 4 heteroatoms. The van der Waals surface area contributed by atoms with E-state index in [1.54, 1.807) is 6.08 Å². The molecule has 0 spiro atoms. The molecule has 0 N–H and O–H groups in total. The number of allylic oxidation sites excluding steroid dienone is 3. The summed E-state index contributed by atoms with van der Waals surface area (Å²) in [5.74, 6) is 0.710. The van der Waals surface area contributed by atoms with E-state index < -0.39 is 0 Å². The molecule has 1 aliphatic rings. The third kappa shape index (κ3) is 5.19. The molecule has 164 valence electrons. The molecule has 0 amide bonds. The van der Waals surface area contributed by atoms with Crippen LogP contribution < -0.4 is 14.5 Å². The second-order valence-electron chi connectivity index (χ2n) is 7.62. The molecule has 0 aliphatic carbocycles. The quantitative estimate of drug-likeness (QED) is 0.366. The second-order valence-corrected chi connectivity index (χ2v) is 7.62. The van der Waals surface area contributed by atoms with Gasteiger partial charge in [-0.2, -0.15) is 0 Å². The number of nitrogens with zero attached hydrogens (tertiary/aromatic N) is 2. The van der Waals surface area contributed by atoms with E-state index in [9.17, 15) is 4.79 Å². The Hall–Kier alpha value is -3.01. The van der Waals surface area contributed by atoms with Crippen molar-refractivity contribution in [3.63, 3.8) is 0 Å². The molecular formula is C27H34N2O2. The number of ketones is 1. The zero-order valence-electron chi connectivity index (χ0n) is 19.2. The Kier molecular flexibility index (Phi) is 7.94. The Balaban J connectivity index is 1.65. The molecule has 31 heavy (non-hydrogen) atoms. The summed E-state index contributed by atoms with van der Waals surface area (Å²) >= 11 is 0. The molecule has 1 aliphatic heterocycles. The lowest BCUT2D eigenvalue weighted by atomic mass is 9.95. The fraction of sp³-hybridized carbons (Fsp3) is 0.370. The third-order valence-electron chi connectivity index (χ3n) is 5.92. The van der Waals surface area contributed by atoms with Gasteiger partial charge in [0.15, 0.2) is 5.78 Å². The van der Waals surface area contributed by atoms with Crippen LogP contribution in [-0.2, 0) is 4.79 Å². The summed E-state index contributed by atoms with van der Waals surface area (Å²) in [7, 11) is 0. The van der Waals surface area contributed by atoms with E-state index >= 15 is 0 Å². The lowest BCUT2D eigenvalue weighted by molar-refractivity contribution is -0.116. The van der Waals surface area contributed by atoms with Crippen LogP contribution in [0.1, 0.15) is 44.7 Å². The molecule has 3 rings (SSSR count). The van der Waals surface area contributed by atoms with Gasteiger partial charge in [0.05, 0.1) is 11.6 Å². The van der Waals surface area contributed by atoms with Gasteiger partial charge in [-0.05, 0) is 57.5 Å². The molecule has 0 radical (unpaired) electrons. The van der Waals surface area contributed by atoms with E-state index in [0.717, 1.165) is 48.7 Å². The van der Waals surface area contributed by atoms with E-state index in [1.165, 1.54) is 5.69 Å². The Labute approximate surface area is 186 Å². The maximum absolute atomic E-state index is 12.8. The largest absolute Gasteiger partial charge is 0.490 e. The van der Waals surface area contributed by atoms with E-state index in [4.69, 9.17) is 4.74 Å². The van der Waals surface area contributed by atoms with Gasteiger partial charge < -0.3 is 14.5 Å². The van der Waals surface area contributed by atoms with Crippen LogP contribution >= 0.6 is 0 Å². The topological polar surface area (TPSA) is 32.8 Å². The van der Waals surface area contributed by atoms with E-state index in [2.05, 4.69) is 67.8 Å². The van der Waals surface area contributed by atoms with Crippen LogP contribution in [0.4, 0.5) is 11.4 Å². The number of rotatable bonds is 10. The van der Waals surface area contributed by atoms with Gasteiger partial charge in [0, 0.05) is 37.4 Å². The Bertz CT molecular complexity index is 923. The summed E-state index contributed by atoms with van der Waals surface area (Å²) in [6, 6.07) is 14.6. The molecule has 0 fully saturated rings. The zero-order chi connectivity index (χ0) is 22.2. The Morgan fingerprint density at radius 2 is 1.61 bits per heavy atom. The van der Waals surface area contributed by atoms with Gasteiger partial charge in [0.2, 0.25) is 0 Å². The van der Waals surface area contributed by atoms with Crippen LogP contribution in [0, 0.1) is 0 Å². The first-order chi connectivity index (χ1) is 15.1. The monoisotopic (exact) mass is 418 g/mol. The molecule has 2 aromatic rings. The van der Waals surface area contributed by atoms with Crippen LogP contribution in [0.3, 0.4) is 0 Å². The van der Waals surface area contributed by atoms with Crippen molar-refractivity contribution in [1.82, 2.24) is 0 Å². The average Bonchev–Trinajstić information content (AvgIpc) is 3.24. The lowest BCUT2D eigenvalue weighted by Gasteiger charge is -2.23. The van der Waals surface area contributed by atoms with Gasteiger partial charge in [-0.1, -0.05) is 42.5 Å². The standard InChI is InChI=1S/C27H34N2O2/c1-5-28(6-2)22-18-16-21(17-19-22)12-9-10-15-26(30)24-20-31-27-23(24)13-11-14-25(27)29(7-3)8-4/h9-19,24H,5-8,20H2,1-4H3. The molecule has 2 aromatic carbocycles. The van der Waals surface area contributed by atoms with Crippen molar-refractivity contribution in [3.05, 3.63) is 71.8 Å². The highest BCUT2D eigenvalue weighted by atomic mass is 16.5. The summed E-state index contributed by atoms with van der Waals surface area (Å²) in [6.07, 6.45) is 7.43. The summed E-state index contributed by atoms with van der Waals surface area (Å²) in [5.41, 5.74) is 4.42. The zero-order valence-corrected chi connectivity index (χ0v) is 19.2. The minimum absolute atomic E-state index is 0.0805. The number of carbonyl (C=O) groups is 1. The van der Waals surface area contributed by atoms with E-state index in [0.29, 0.717) is 6.61 Å². The molecular weight excluding hydrogens is 384 g/mol. The molecule has 0 bridgehead atoms. The summed E-state index contributed by atoms with van der Waals surface area (Å²) in [5, 5.41) is 0. The first kappa shape index (κ1) is 22.7. The van der Waals surface area contributed by atoms with Crippen molar-refractivity contribution in [2.75, 3.05) is 42.6 Å². The minimum atomic E-state index is -0.233. The van der Waals surface area contributed by atoms with Crippen LogP contribution in [0.15, 0.2) is 60.7 Å². The fourth-order valence-electron chi connectivity index (χ4n) is 4.10. The highest BCUT2D eigenvalue weighted by Crippen LogP contribution is 2.41. The number of carbonyl (C=O) groups excluding carboxylic acids is 1. The van der Waals surface area contributed by atoms with Crippen LogP contribution in [-0.4, -0.2) is 38.6 Å². The SMILES string of the molecule is CCN(CC)c1ccc(C=CC=CC(=O)C2COc3c2cccc3N(CC)CC)cc1. The number of benzene rings is 2. The van der Waals surface area contributed by atoms with Crippen molar-refractivity contribution in [3.8, 4) is 5.75 Å². The third-order valence-corrected chi connectivity index (χ3v) is 5.92. The second kappa shape index (κ2) is 10.9. The van der Waals surface area contributed by atoms with Crippen LogP contribution in [0.5, 0.6) is 5.75 Å². The fourth-order valence-corrected chi connectivity index (χ4v) is 4.10. The first-order valence-corrected chi connectivity index (χ1v) is 11.4. The van der Waals surface area contributed by atoms with Gasteiger partial charge in [-0.15, -0.1) is 0 Å². The van der Waals surface area contributed by atoms with Gasteiger partial charge in [0.1, 0.15) is 12.4 Å². The first-order valence-electron chi connectivity index (χ1n) is 11.4. The molecule has 0 aromatic heterocycles. The average molecular weight is 419 g/mol. The van der Waals surface area contributed by atoms with Crippen molar-refractivity contribution in [1.29, 1.82) is 0 Å². The minimum Gasteiger partial charge on any atom is -0.490 e. The van der Waals surface area contributed by atoms with Crippen LogP contribution in [0.25, 0.3) is 6.08 Å². The predicted octanol–water partition coefficient (Wildman–Crippen LogP) is 5.69. The normalized spacial score (nSPS) is 15.3. The van der Waals surface area contributed by atoms with Crippen LogP contribution in [0.2, 0.25) is 0 Å². The van der Waals surface area contributed by atoms with E-state index in [-0.39, 0.29) is 11.7 Å². The summed E-state index contributed by atoms with van der Waals surface area (Å²) in [4.78, 5) is 17.4. The Morgan fingerprint density at radius 3 is 2.26 bits per heavy atom. The van der Waals surface area contributed by atoms with Gasteiger partial charge in [-0.3, -0.25) is 4.79 Å².